The minimum atomic E-state index is -4.56. The molecule has 14 heavy (non-hydrogen) atoms. The average molecular weight is 230 g/mol. The van der Waals surface area contributed by atoms with Crippen LogP contribution < -0.4 is 29.6 Å². The van der Waals surface area contributed by atoms with E-state index in [1.165, 1.54) is 0 Å². The number of hydrogen-bond donors (Lipinski definition) is 0. The molecule has 4 nitrogen and oxygen atoms in total. The van der Waals surface area contributed by atoms with E-state index in [9.17, 15) is 13.0 Å². The van der Waals surface area contributed by atoms with Gasteiger partial charge in [-0.25, -0.2) is 8.42 Å². The average Bonchev–Trinajstić information content (AvgIpc) is 2.01. The van der Waals surface area contributed by atoms with Gasteiger partial charge in [-0.2, -0.15) is 0 Å². The number of rotatable bonds is 6. The van der Waals surface area contributed by atoms with Gasteiger partial charge < -0.3 is 4.55 Å². The summed E-state index contributed by atoms with van der Waals surface area (Å²) >= 11 is 0. The molecule has 0 spiro atoms. The molecule has 0 aromatic heterocycles. The standard InChI is InChI=1S/C8H16O4S.Na/c1-3-5-6-7-8(4-2)12-13(9,10)11;/h5-6,8H,3-4,7H2,1-2H3,(H,9,10,11);/q;+1/p-1. The Morgan fingerprint density at radius 2 is 1.93 bits per heavy atom. The van der Waals surface area contributed by atoms with Gasteiger partial charge in [-0.05, 0) is 19.3 Å². The van der Waals surface area contributed by atoms with Crippen LogP contribution in [0, 0.1) is 0 Å². The van der Waals surface area contributed by atoms with E-state index in [4.69, 9.17) is 0 Å². The van der Waals surface area contributed by atoms with Gasteiger partial charge in [0.2, 0.25) is 10.4 Å². The molecule has 1 unspecified atom stereocenters. The van der Waals surface area contributed by atoms with E-state index in [0.29, 0.717) is 12.8 Å². The van der Waals surface area contributed by atoms with Gasteiger partial charge in [-0.1, -0.05) is 26.0 Å². The molecule has 78 valence electrons. The van der Waals surface area contributed by atoms with Crippen molar-refractivity contribution < 1.29 is 46.7 Å². The zero-order valence-electron chi connectivity index (χ0n) is 8.89. The maximum atomic E-state index is 10.2. The van der Waals surface area contributed by atoms with Gasteiger partial charge in [0.1, 0.15) is 0 Å². The van der Waals surface area contributed by atoms with Gasteiger partial charge in [0.15, 0.2) is 0 Å². The van der Waals surface area contributed by atoms with E-state index in [2.05, 4.69) is 4.18 Å². The van der Waals surface area contributed by atoms with Crippen molar-refractivity contribution in [3.63, 3.8) is 0 Å². The van der Waals surface area contributed by atoms with E-state index in [-0.39, 0.29) is 29.6 Å². The third kappa shape index (κ3) is 10.7. The molecule has 0 rings (SSSR count). The molecule has 0 bridgehead atoms. The maximum Gasteiger partial charge on any atom is 1.00 e. The van der Waals surface area contributed by atoms with E-state index in [0.717, 1.165) is 6.42 Å². The molecule has 0 radical (unpaired) electrons. The molecular weight excluding hydrogens is 215 g/mol. The Hall–Kier alpha value is 0.610. The summed E-state index contributed by atoms with van der Waals surface area (Å²) in [6, 6.07) is 0. The minimum absolute atomic E-state index is 0. The Morgan fingerprint density at radius 3 is 2.29 bits per heavy atom. The van der Waals surface area contributed by atoms with Crippen LogP contribution in [0.25, 0.3) is 0 Å². The van der Waals surface area contributed by atoms with Crippen molar-refractivity contribution in [1.82, 2.24) is 0 Å². The molecular formula is C8H15NaO4S. The Labute approximate surface area is 108 Å². The van der Waals surface area contributed by atoms with Gasteiger partial charge in [-0.15, -0.1) is 0 Å². The first kappa shape index (κ1) is 17.0. The molecule has 0 aliphatic rings. The monoisotopic (exact) mass is 230 g/mol. The largest absolute Gasteiger partial charge is 1.00 e. The van der Waals surface area contributed by atoms with Crippen LogP contribution in [0.1, 0.15) is 33.1 Å². The fourth-order valence-electron chi connectivity index (χ4n) is 0.855. The fraction of sp³-hybridized carbons (Fsp3) is 0.750. The van der Waals surface area contributed by atoms with Crippen molar-refractivity contribution in [3.8, 4) is 0 Å². The van der Waals surface area contributed by atoms with E-state index < -0.39 is 16.5 Å². The second-order valence-electron chi connectivity index (χ2n) is 2.65. The second kappa shape index (κ2) is 8.88. The third-order valence-electron chi connectivity index (χ3n) is 1.51. The van der Waals surface area contributed by atoms with E-state index in [1.807, 2.05) is 19.1 Å². The van der Waals surface area contributed by atoms with Crippen LogP contribution in [0.3, 0.4) is 0 Å². The van der Waals surface area contributed by atoms with Crippen LogP contribution in [0.2, 0.25) is 0 Å². The van der Waals surface area contributed by atoms with E-state index in [1.54, 1.807) is 6.92 Å². The Morgan fingerprint density at radius 1 is 1.36 bits per heavy atom. The quantitative estimate of drug-likeness (QED) is 0.244. The summed E-state index contributed by atoms with van der Waals surface area (Å²) in [5, 5.41) is 0. The first-order chi connectivity index (χ1) is 5.99. The molecule has 0 aromatic carbocycles. The summed E-state index contributed by atoms with van der Waals surface area (Å²) < 4.78 is 35.0. The van der Waals surface area contributed by atoms with Crippen LogP contribution >= 0.6 is 0 Å². The van der Waals surface area contributed by atoms with Crippen LogP contribution in [0.15, 0.2) is 12.2 Å². The van der Waals surface area contributed by atoms with Gasteiger partial charge in [0.25, 0.3) is 0 Å². The summed E-state index contributed by atoms with van der Waals surface area (Å²) in [6.07, 6.45) is 5.07. The minimum Gasteiger partial charge on any atom is -0.726 e. The Kier molecular flexibility index (Phi) is 10.8. The van der Waals surface area contributed by atoms with Gasteiger partial charge in [-0.3, -0.25) is 4.18 Å². The predicted molar refractivity (Wildman–Crippen MR) is 48.9 cm³/mol. The van der Waals surface area contributed by atoms with Gasteiger partial charge >= 0.3 is 29.6 Å². The maximum absolute atomic E-state index is 10.2. The number of hydrogen-bond acceptors (Lipinski definition) is 4. The summed E-state index contributed by atoms with van der Waals surface area (Å²) in [5.41, 5.74) is 0. The first-order valence-corrected chi connectivity index (χ1v) is 5.62. The SMILES string of the molecule is CCC=CCC(CC)OS(=O)(=O)[O-].[Na+]. The molecule has 6 heteroatoms. The smallest absolute Gasteiger partial charge is 0.726 e. The van der Waals surface area contributed by atoms with Crippen molar-refractivity contribution in [2.45, 2.75) is 39.2 Å². The molecule has 0 saturated carbocycles. The molecule has 0 heterocycles. The zero-order chi connectivity index (χ0) is 10.3. The predicted octanol–water partition coefficient (Wildman–Crippen LogP) is -1.40. The molecule has 0 aliphatic carbocycles. The second-order valence-corrected chi connectivity index (χ2v) is 3.66. The molecule has 0 aliphatic heterocycles. The first-order valence-electron chi connectivity index (χ1n) is 4.28. The van der Waals surface area contributed by atoms with Crippen molar-refractivity contribution >= 4 is 10.4 Å². The van der Waals surface area contributed by atoms with Crippen LogP contribution in [0.5, 0.6) is 0 Å². The van der Waals surface area contributed by atoms with Gasteiger partial charge in [0, 0.05) is 0 Å². The summed E-state index contributed by atoms with van der Waals surface area (Å²) in [7, 11) is -4.56. The molecule has 1 atom stereocenters. The Bertz CT molecular complexity index is 248. The normalized spacial score (nSPS) is 13.9. The molecule has 0 aromatic rings. The van der Waals surface area contributed by atoms with Crippen LogP contribution in [0.4, 0.5) is 0 Å². The van der Waals surface area contributed by atoms with Gasteiger partial charge in [0.05, 0.1) is 6.10 Å². The third-order valence-corrected chi connectivity index (χ3v) is 2.02. The van der Waals surface area contributed by atoms with Crippen molar-refractivity contribution in [2.24, 2.45) is 0 Å². The molecule has 0 fully saturated rings. The topological polar surface area (TPSA) is 66.4 Å². The van der Waals surface area contributed by atoms with Crippen molar-refractivity contribution in [2.75, 3.05) is 0 Å². The molecule has 0 N–H and O–H groups in total. The fourth-order valence-corrected chi connectivity index (χ4v) is 1.40. The van der Waals surface area contributed by atoms with Crippen LogP contribution in [-0.2, 0) is 14.6 Å². The summed E-state index contributed by atoms with van der Waals surface area (Å²) in [5.74, 6) is 0. The van der Waals surface area contributed by atoms with Crippen molar-refractivity contribution in [1.29, 1.82) is 0 Å². The van der Waals surface area contributed by atoms with Crippen LogP contribution in [-0.4, -0.2) is 19.1 Å². The summed E-state index contributed by atoms with van der Waals surface area (Å²) in [6.45, 7) is 3.75. The van der Waals surface area contributed by atoms with E-state index >= 15 is 0 Å². The number of allylic oxidation sites excluding steroid dienone is 1. The summed E-state index contributed by atoms with van der Waals surface area (Å²) in [4.78, 5) is 0. The van der Waals surface area contributed by atoms with Crippen molar-refractivity contribution in [3.05, 3.63) is 12.2 Å². The molecule has 0 saturated heterocycles. The zero-order valence-corrected chi connectivity index (χ0v) is 11.7. The molecule has 0 amide bonds. The Balaban J connectivity index is 0.